The average molecular weight is 297 g/mol. The third-order valence-electron chi connectivity index (χ3n) is 3.13. The number of nitrogens with zero attached hydrogens (tertiary/aromatic N) is 1. The molecule has 1 aromatic carbocycles. The Bertz CT molecular complexity index is 507. The van der Waals surface area contributed by atoms with E-state index in [9.17, 15) is 9.59 Å². The number of benzene rings is 1. The second-order valence-corrected chi connectivity index (χ2v) is 4.92. The van der Waals surface area contributed by atoms with E-state index >= 15 is 0 Å². The summed E-state index contributed by atoms with van der Waals surface area (Å²) >= 11 is 5.90. The fraction of sp³-hybridized carbons (Fsp3) is 0.429. The number of esters is 1. The number of rotatable bonds is 3. The number of carbonyl (C=O) groups is 2. The minimum Gasteiger partial charge on any atom is -0.464 e. The monoisotopic (exact) mass is 296 g/mol. The van der Waals surface area contributed by atoms with Gasteiger partial charge in [-0.1, -0.05) is 17.7 Å². The molecule has 1 heterocycles. The number of halogens is 1. The van der Waals surface area contributed by atoms with Gasteiger partial charge in [-0.15, -0.1) is 0 Å². The van der Waals surface area contributed by atoms with Crippen molar-refractivity contribution in [2.24, 2.45) is 0 Å². The average Bonchev–Trinajstić information content (AvgIpc) is 2.47. The van der Waals surface area contributed by atoms with E-state index in [1.807, 2.05) is 0 Å². The maximum Gasteiger partial charge on any atom is 0.330 e. The highest BCUT2D eigenvalue weighted by Gasteiger charge is 2.33. The van der Waals surface area contributed by atoms with E-state index in [2.05, 4.69) is 5.32 Å². The smallest absolute Gasteiger partial charge is 0.330 e. The van der Waals surface area contributed by atoms with E-state index in [-0.39, 0.29) is 11.9 Å². The van der Waals surface area contributed by atoms with Crippen molar-refractivity contribution in [1.29, 1.82) is 0 Å². The van der Waals surface area contributed by atoms with Crippen molar-refractivity contribution < 1.29 is 14.3 Å². The zero-order chi connectivity index (χ0) is 14.5. The number of hydrogen-bond donors (Lipinski definition) is 1. The van der Waals surface area contributed by atoms with Gasteiger partial charge in [-0.3, -0.25) is 4.79 Å². The summed E-state index contributed by atoms with van der Waals surface area (Å²) in [5.41, 5.74) is 0.480. The van der Waals surface area contributed by atoms with Gasteiger partial charge in [0.05, 0.1) is 6.61 Å². The first-order chi connectivity index (χ1) is 9.63. The second-order valence-electron chi connectivity index (χ2n) is 4.48. The lowest BCUT2D eigenvalue weighted by atomic mass is 10.1. The van der Waals surface area contributed by atoms with Gasteiger partial charge in [0.1, 0.15) is 6.04 Å². The van der Waals surface area contributed by atoms with E-state index in [0.29, 0.717) is 36.8 Å². The molecule has 108 valence electrons. The molecule has 1 unspecified atom stereocenters. The zero-order valence-corrected chi connectivity index (χ0v) is 12.0. The molecule has 0 spiro atoms. The molecule has 0 aliphatic carbocycles. The van der Waals surface area contributed by atoms with Gasteiger partial charge in [-0.25, -0.2) is 4.79 Å². The predicted molar refractivity (Wildman–Crippen MR) is 75.8 cm³/mol. The van der Waals surface area contributed by atoms with Crippen LogP contribution in [0.2, 0.25) is 5.02 Å². The SMILES string of the molecule is CCOC(=O)C1CNCCN1C(=O)c1cccc(Cl)c1. The van der Waals surface area contributed by atoms with Crippen molar-refractivity contribution in [3.05, 3.63) is 34.9 Å². The van der Waals surface area contributed by atoms with Crippen LogP contribution in [0.3, 0.4) is 0 Å². The van der Waals surface area contributed by atoms with E-state index < -0.39 is 6.04 Å². The molecule has 1 aliphatic rings. The van der Waals surface area contributed by atoms with Crippen LogP contribution in [-0.2, 0) is 9.53 Å². The van der Waals surface area contributed by atoms with Crippen LogP contribution in [0.1, 0.15) is 17.3 Å². The Balaban J connectivity index is 2.19. The van der Waals surface area contributed by atoms with Crippen LogP contribution in [0.4, 0.5) is 0 Å². The van der Waals surface area contributed by atoms with Crippen LogP contribution in [0.5, 0.6) is 0 Å². The van der Waals surface area contributed by atoms with Gasteiger partial charge in [0, 0.05) is 30.2 Å². The lowest BCUT2D eigenvalue weighted by Crippen LogP contribution is -2.57. The molecule has 0 aromatic heterocycles. The highest BCUT2D eigenvalue weighted by Crippen LogP contribution is 2.15. The van der Waals surface area contributed by atoms with Crippen molar-refractivity contribution in [1.82, 2.24) is 10.2 Å². The Labute approximate surface area is 122 Å². The predicted octanol–water partition coefficient (Wildman–Crippen LogP) is 1.32. The molecule has 0 bridgehead atoms. The summed E-state index contributed by atoms with van der Waals surface area (Å²) < 4.78 is 5.02. The molecular formula is C14H17ClN2O3. The van der Waals surface area contributed by atoms with Crippen LogP contribution < -0.4 is 5.32 Å². The summed E-state index contributed by atoms with van der Waals surface area (Å²) in [5, 5.41) is 3.60. The minimum atomic E-state index is -0.588. The van der Waals surface area contributed by atoms with Crippen molar-refractivity contribution in [2.75, 3.05) is 26.2 Å². The number of hydrogen-bond acceptors (Lipinski definition) is 4. The molecule has 1 amide bonds. The molecule has 1 aromatic rings. The first-order valence-corrected chi connectivity index (χ1v) is 6.95. The third-order valence-corrected chi connectivity index (χ3v) is 3.37. The summed E-state index contributed by atoms with van der Waals surface area (Å²) in [6.45, 7) is 3.58. The minimum absolute atomic E-state index is 0.202. The van der Waals surface area contributed by atoms with Gasteiger partial charge in [0.2, 0.25) is 0 Å². The number of nitrogens with one attached hydrogen (secondary N) is 1. The van der Waals surface area contributed by atoms with Gasteiger partial charge >= 0.3 is 5.97 Å². The normalized spacial score (nSPS) is 18.7. The van der Waals surface area contributed by atoms with E-state index in [1.165, 1.54) is 0 Å². The first kappa shape index (κ1) is 14.8. The lowest BCUT2D eigenvalue weighted by Gasteiger charge is -2.34. The molecule has 1 saturated heterocycles. The molecule has 5 nitrogen and oxygen atoms in total. The topological polar surface area (TPSA) is 58.6 Å². The Morgan fingerprint density at radius 3 is 3.00 bits per heavy atom. The maximum atomic E-state index is 12.5. The number of amides is 1. The quantitative estimate of drug-likeness (QED) is 0.855. The molecule has 1 atom stereocenters. The van der Waals surface area contributed by atoms with Crippen molar-refractivity contribution in [3.8, 4) is 0 Å². The fourth-order valence-electron chi connectivity index (χ4n) is 2.18. The Morgan fingerprint density at radius 2 is 2.30 bits per heavy atom. The summed E-state index contributed by atoms with van der Waals surface area (Å²) in [6.07, 6.45) is 0. The third kappa shape index (κ3) is 3.29. The van der Waals surface area contributed by atoms with Crippen LogP contribution in [0.25, 0.3) is 0 Å². The molecule has 20 heavy (non-hydrogen) atoms. The summed E-state index contributed by atoms with van der Waals surface area (Å²) in [7, 11) is 0. The Hall–Kier alpha value is -1.59. The van der Waals surface area contributed by atoms with Crippen molar-refractivity contribution in [2.45, 2.75) is 13.0 Å². The first-order valence-electron chi connectivity index (χ1n) is 6.57. The molecular weight excluding hydrogens is 280 g/mol. The summed E-state index contributed by atoms with van der Waals surface area (Å²) in [4.78, 5) is 26.0. The van der Waals surface area contributed by atoms with Gasteiger partial charge in [-0.2, -0.15) is 0 Å². The van der Waals surface area contributed by atoms with Gasteiger partial charge < -0.3 is 15.0 Å². The Kier molecular flexibility index (Phi) is 4.98. The van der Waals surface area contributed by atoms with E-state index in [1.54, 1.807) is 36.1 Å². The standard InChI is InChI=1S/C14H17ClN2O3/c1-2-20-14(19)12-9-16-6-7-17(12)13(18)10-4-3-5-11(15)8-10/h3-5,8,12,16H,2,6-7,9H2,1H3. The van der Waals surface area contributed by atoms with Gasteiger partial charge in [0.15, 0.2) is 0 Å². The molecule has 1 aliphatic heterocycles. The van der Waals surface area contributed by atoms with Crippen LogP contribution in [-0.4, -0.2) is 49.1 Å². The molecule has 0 saturated carbocycles. The van der Waals surface area contributed by atoms with Crippen molar-refractivity contribution in [3.63, 3.8) is 0 Å². The second kappa shape index (κ2) is 6.72. The number of piperazine rings is 1. The molecule has 6 heteroatoms. The number of carbonyl (C=O) groups excluding carboxylic acids is 2. The van der Waals surface area contributed by atoms with Crippen LogP contribution in [0, 0.1) is 0 Å². The van der Waals surface area contributed by atoms with Gasteiger partial charge in [-0.05, 0) is 25.1 Å². The largest absolute Gasteiger partial charge is 0.464 e. The van der Waals surface area contributed by atoms with Crippen LogP contribution >= 0.6 is 11.6 Å². The summed E-state index contributed by atoms with van der Waals surface area (Å²) in [6, 6.07) is 6.14. The fourth-order valence-corrected chi connectivity index (χ4v) is 2.37. The molecule has 1 N–H and O–H groups in total. The zero-order valence-electron chi connectivity index (χ0n) is 11.3. The van der Waals surface area contributed by atoms with Crippen LogP contribution in [0.15, 0.2) is 24.3 Å². The molecule has 1 fully saturated rings. The Morgan fingerprint density at radius 1 is 1.50 bits per heavy atom. The maximum absolute atomic E-state index is 12.5. The molecule has 0 radical (unpaired) electrons. The number of ether oxygens (including phenoxy) is 1. The van der Waals surface area contributed by atoms with Crippen molar-refractivity contribution >= 4 is 23.5 Å². The van der Waals surface area contributed by atoms with Gasteiger partial charge in [0.25, 0.3) is 5.91 Å². The summed E-state index contributed by atoms with van der Waals surface area (Å²) in [5.74, 6) is -0.581. The van der Waals surface area contributed by atoms with E-state index in [0.717, 1.165) is 0 Å². The highest BCUT2D eigenvalue weighted by atomic mass is 35.5. The highest BCUT2D eigenvalue weighted by molar-refractivity contribution is 6.31. The lowest BCUT2D eigenvalue weighted by molar-refractivity contribution is -0.149. The van der Waals surface area contributed by atoms with E-state index in [4.69, 9.17) is 16.3 Å². The molecule has 2 rings (SSSR count).